The van der Waals surface area contributed by atoms with Crippen LogP contribution in [0.15, 0.2) is 23.8 Å². The fourth-order valence-corrected chi connectivity index (χ4v) is 4.06. The molecule has 4 nitrogen and oxygen atoms in total. The molecule has 5 heteroatoms. The summed E-state index contributed by atoms with van der Waals surface area (Å²) in [5, 5.41) is 9.09. The van der Waals surface area contributed by atoms with E-state index in [1.165, 1.54) is 12.8 Å². The third-order valence-electron chi connectivity index (χ3n) is 4.31. The van der Waals surface area contributed by atoms with Crippen LogP contribution in [0.5, 0.6) is 0 Å². The van der Waals surface area contributed by atoms with Gasteiger partial charge in [0.2, 0.25) is 10.0 Å². The molecule has 0 aromatic carbocycles. The van der Waals surface area contributed by atoms with Crippen LogP contribution < -0.4 is 4.72 Å². The normalized spacial score (nSPS) is 25.4. The lowest BCUT2D eigenvalue weighted by molar-refractivity contribution is 0.492. The Bertz CT molecular complexity index is 543. The number of unbranched alkanes of at least 4 members (excludes halogenated alkanes) is 4. The van der Waals surface area contributed by atoms with E-state index >= 15 is 0 Å². The van der Waals surface area contributed by atoms with Crippen LogP contribution >= 0.6 is 0 Å². The molecule has 0 saturated heterocycles. The predicted octanol–water partition coefficient (Wildman–Crippen LogP) is 3.29. The second-order valence-electron chi connectivity index (χ2n) is 5.81. The van der Waals surface area contributed by atoms with E-state index in [4.69, 9.17) is 5.26 Å². The van der Waals surface area contributed by atoms with Gasteiger partial charge in [0.15, 0.2) is 0 Å². The molecular formula is C16H26N2O2S. The molecule has 21 heavy (non-hydrogen) atoms. The van der Waals surface area contributed by atoms with Crippen LogP contribution in [-0.2, 0) is 10.0 Å². The third-order valence-corrected chi connectivity index (χ3v) is 6.54. The average molecular weight is 310 g/mol. The lowest BCUT2D eigenvalue weighted by Gasteiger charge is -2.34. The van der Waals surface area contributed by atoms with Crippen LogP contribution in [0.3, 0.4) is 0 Å². The molecule has 1 N–H and O–H groups in total. The summed E-state index contributed by atoms with van der Waals surface area (Å²) in [5.74, 6) is -0.343. The fraction of sp³-hybridized carbons (Fsp3) is 0.688. The molecular weight excluding hydrogens is 284 g/mol. The van der Waals surface area contributed by atoms with Gasteiger partial charge in [0.05, 0.1) is 6.07 Å². The van der Waals surface area contributed by atoms with Crippen molar-refractivity contribution in [3.05, 3.63) is 23.8 Å². The summed E-state index contributed by atoms with van der Waals surface area (Å²) in [7, 11) is -3.50. The topological polar surface area (TPSA) is 70.0 Å². The van der Waals surface area contributed by atoms with Crippen LogP contribution in [-0.4, -0.2) is 19.7 Å². The van der Waals surface area contributed by atoms with Crippen molar-refractivity contribution in [2.45, 2.75) is 57.6 Å². The van der Waals surface area contributed by atoms with Crippen molar-refractivity contribution in [1.29, 1.82) is 5.26 Å². The van der Waals surface area contributed by atoms with Crippen molar-refractivity contribution in [2.24, 2.45) is 5.92 Å². The molecule has 0 aromatic rings. The van der Waals surface area contributed by atoms with Crippen molar-refractivity contribution < 1.29 is 8.42 Å². The van der Waals surface area contributed by atoms with E-state index < -0.39 is 14.8 Å². The molecule has 0 saturated carbocycles. The van der Waals surface area contributed by atoms with Crippen molar-refractivity contribution in [2.75, 3.05) is 6.54 Å². The summed E-state index contributed by atoms with van der Waals surface area (Å²) in [5.41, 5.74) is 0.508. The van der Waals surface area contributed by atoms with Gasteiger partial charge in [-0.05, 0) is 19.4 Å². The maximum absolute atomic E-state index is 12.6. The summed E-state index contributed by atoms with van der Waals surface area (Å²) in [6, 6.07) is 2.09. The van der Waals surface area contributed by atoms with Crippen LogP contribution in [0.2, 0.25) is 0 Å². The minimum absolute atomic E-state index is 0.343. The van der Waals surface area contributed by atoms with Crippen molar-refractivity contribution >= 4 is 10.0 Å². The van der Waals surface area contributed by atoms with Gasteiger partial charge in [-0.1, -0.05) is 51.7 Å². The predicted molar refractivity (Wildman–Crippen MR) is 86.1 cm³/mol. The smallest absolute Gasteiger partial charge is 0.214 e. The fourth-order valence-electron chi connectivity index (χ4n) is 2.49. The highest BCUT2D eigenvalue weighted by atomic mass is 32.2. The Morgan fingerprint density at radius 1 is 1.33 bits per heavy atom. The van der Waals surface area contributed by atoms with E-state index in [1.807, 2.05) is 0 Å². The first kappa shape index (κ1) is 17.9. The minimum Gasteiger partial charge on any atom is -0.214 e. The molecule has 0 aromatic heterocycles. The number of nitriles is 1. The average Bonchev–Trinajstić information content (AvgIpc) is 2.45. The van der Waals surface area contributed by atoms with Gasteiger partial charge in [0, 0.05) is 18.0 Å². The Labute approximate surface area is 129 Å². The lowest BCUT2D eigenvalue weighted by atomic mass is 9.84. The highest BCUT2D eigenvalue weighted by Crippen LogP contribution is 2.35. The van der Waals surface area contributed by atoms with E-state index in [-0.39, 0.29) is 5.92 Å². The molecule has 0 aliphatic heterocycles. The molecule has 1 aliphatic rings. The Hall–Kier alpha value is -1.12. The first-order valence-electron chi connectivity index (χ1n) is 7.67. The van der Waals surface area contributed by atoms with E-state index in [2.05, 4.69) is 17.7 Å². The van der Waals surface area contributed by atoms with Crippen molar-refractivity contribution in [3.8, 4) is 6.07 Å². The maximum atomic E-state index is 12.6. The molecule has 1 aliphatic carbocycles. The van der Waals surface area contributed by atoms with Gasteiger partial charge in [-0.3, -0.25) is 0 Å². The Balaban J connectivity index is 2.64. The molecule has 118 valence electrons. The molecule has 2 atom stereocenters. The number of rotatable bonds is 8. The van der Waals surface area contributed by atoms with E-state index in [1.54, 1.807) is 32.1 Å². The second kappa shape index (κ2) is 7.77. The summed E-state index contributed by atoms with van der Waals surface area (Å²) in [6.07, 6.45) is 10.4. The standard InChI is InChI=1S/C16H26N2O2S/c1-4-5-6-7-8-12-18-21(19,20)16(3)11-9-10-15(13-17)14(16)2/h9-11,14,18H,4-8,12H2,1-3H3. The molecule has 0 spiro atoms. The van der Waals surface area contributed by atoms with Crippen LogP contribution in [0.25, 0.3) is 0 Å². The van der Waals surface area contributed by atoms with Crippen molar-refractivity contribution in [1.82, 2.24) is 4.72 Å². The number of hydrogen-bond donors (Lipinski definition) is 1. The second-order valence-corrected chi connectivity index (χ2v) is 7.99. The van der Waals surface area contributed by atoms with Crippen molar-refractivity contribution in [3.63, 3.8) is 0 Å². The maximum Gasteiger partial charge on any atom is 0.221 e. The highest BCUT2D eigenvalue weighted by molar-refractivity contribution is 7.91. The quantitative estimate of drug-likeness (QED) is 0.699. The number of hydrogen-bond acceptors (Lipinski definition) is 3. The molecule has 0 fully saturated rings. The zero-order valence-electron chi connectivity index (χ0n) is 13.2. The molecule has 0 heterocycles. The first-order chi connectivity index (χ1) is 9.89. The van der Waals surface area contributed by atoms with Crippen LogP contribution in [0.4, 0.5) is 0 Å². The number of nitrogens with one attached hydrogen (secondary N) is 1. The number of sulfonamides is 1. The number of allylic oxidation sites excluding steroid dienone is 3. The summed E-state index contributed by atoms with van der Waals surface area (Å²) < 4.78 is 26.8. The summed E-state index contributed by atoms with van der Waals surface area (Å²) in [6.45, 7) is 6.09. The Morgan fingerprint density at radius 3 is 2.62 bits per heavy atom. The minimum atomic E-state index is -3.50. The Morgan fingerprint density at radius 2 is 2.00 bits per heavy atom. The first-order valence-corrected chi connectivity index (χ1v) is 9.16. The molecule has 0 radical (unpaired) electrons. The van der Waals surface area contributed by atoms with Gasteiger partial charge in [-0.25, -0.2) is 13.1 Å². The van der Waals surface area contributed by atoms with Crippen LogP contribution in [0.1, 0.15) is 52.9 Å². The SMILES string of the molecule is CCCCCCCNS(=O)(=O)C1(C)C=CC=C(C#N)C1C. The lowest BCUT2D eigenvalue weighted by Crippen LogP contribution is -2.48. The van der Waals surface area contributed by atoms with Gasteiger partial charge in [0.25, 0.3) is 0 Å². The van der Waals surface area contributed by atoms with Gasteiger partial charge < -0.3 is 0 Å². The van der Waals surface area contributed by atoms with E-state index in [0.29, 0.717) is 12.1 Å². The zero-order valence-corrected chi connectivity index (χ0v) is 14.0. The van der Waals surface area contributed by atoms with Gasteiger partial charge >= 0.3 is 0 Å². The molecule has 0 amide bonds. The van der Waals surface area contributed by atoms with E-state index in [9.17, 15) is 8.42 Å². The van der Waals surface area contributed by atoms with E-state index in [0.717, 1.165) is 19.3 Å². The molecule has 2 unspecified atom stereocenters. The Kier molecular flexibility index (Phi) is 6.63. The monoisotopic (exact) mass is 310 g/mol. The summed E-state index contributed by atoms with van der Waals surface area (Å²) in [4.78, 5) is 0. The van der Waals surface area contributed by atoms with Gasteiger partial charge in [-0.15, -0.1) is 0 Å². The highest BCUT2D eigenvalue weighted by Gasteiger charge is 2.44. The molecule has 0 bridgehead atoms. The van der Waals surface area contributed by atoms with Gasteiger partial charge in [0.1, 0.15) is 4.75 Å². The number of nitrogens with zero attached hydrogens (tertiary/aromatic N) is 1. The van der Waals surface area contributed by atoms with Crippen LogP contribution in [0, 0.1) is 17.2 Å². The molecule has 1 rings (SSSR count). The largest absolute Gasteiger partial charge is 0.221 e. The zero-order chi connectivity index (χ0) is 15.9. The van der Waals surface area contributed by atoms with Gasteiger partial charge in [-0.2, -0.15) is 5.26 Å². The summed E-state index contributed by atoms with van der Waals surface area (Å²) >= 11 is 0. The third kappa shape index (κ3) is 4.18.